The number of rotatable bonds is 3. The lowest BCUT2D eigenvalue weighted by molar-refractivity contribution is 0.619. The fourth-order valence-electron chi connectivity index (χ4n) is 3.18. The highest BCUT2D eigenvalue weighted by molar-refractivity contribution is 5.74. The van der Waals surface area contributed by atoms with Gasteiger partial charge < -0.3 is 0 Å². The molecule has 0 unspecified atom stereocenters. The molecule has 134 valence electrons. The van der Waals surface area contributed by atoms with Crippen LogP contribution in [-0.4, -0.2) is 9.38 Å². The zero-order valence-electron chi connectivity index (χ0n) is 15.4. The van der Waals surface area contributed by atoms with Crippen molar-refractivity contribution >= 4 is 17.2 Å². The highest BCUT2D eigenvalue weighted by atomic mass is 19.1. The van der Waals surface area contributed by atoms with Crippen molar-refractivity contribution in [3.8, 4) is 11.3 Å². The van der Waals surface area contributed by atoms with Gasteiger partial charge in [0.05, 0.1) is 5.69 Å². The van der Waals surface area contributed by atoms with E-state index in [1.807, 2.05) is 54.8 Å². The van der Waals surface area contributed by atoms with Gasteiger partial charge in [-0.25, -0.2) is 9.37 Å². The van der Waals surface area contributed by atoms with Gasteiger partial charge in [-0.3, -0.25) is 4.40 Å². The molecule has 4 nitrogen and oxygen atoms in total. The van der Waals surface area contributed by atoms with E-state index in [0.717, 1.165) is 28.0 Å². The van der Waals surface area contributed by atoms with Crippen LogP contribution in [0.2, 0.25) is 0 Å². The number of aromatic nitrogens is 2. The number of hydrogen-bond donors (Lipinski definition) is 0. The summed E-state index contributed by atoms with van der Waals surface area (Å²) in [7, 11) is 0. The third-order valence-corrected chi connectivity index (χ3v) is 4.40. The first kappa shape index (κ1) is 17.1. The summed E-state index contributed by atoms with van der Waals surface area (Å²) in [6, 6.07) is 16.8. The summed E-state index contributed by atoms with van der Waals surface area (Å²) in [4.78, 5) is 4.69. The minimum absolute atomic E-state index is 0.235. The lowest BCUT2D eigenvalue weighted by Gasteiger charge is -2.03. The van der Waals surface area contributed by atoms with Gasteiger partial charge in [-0.15, -0.1) is 10.2 Å². The van der Waals surface area contributed by atoms with Crippen molar-refractivity contribution in [2.24, 2.45) is 10.2 Å². The number of aryl methyl sites for hydroxylation is 3. The highest BCUT2D eigenvalue weighted by Crippen LogP contribution is 2.33. The molecule has 2 heterocycles. The van der Waals surface area contributed by atoms with Crippen LogP contribution in [0.25, 0.3) is 16.9 Å². The average Bonchev–Trinajstić information content (AvgIpc) is 3.00. The number of benzene rings is 2. The molecule has 0 amide bonds. The Labute approximate surface area is 157 Å². The van der Waals surface area contributed by atoms with Crippen LogP contribution in [0.5, 0.6) is 0 Å². The Kier molecular flexibility index (Phi) is 4.28. The van der Waals surface area contributed by atoms with Gasteiger partial charge in [-0.2, -0.15) is 0 Å². The van der Waals surface area contributed by atoms with Gasteiger partial charge in [0.1, 0.15) is 17.2 Å². The van der Waals surface area contributed by atoms with E-state index in [2.05, 4.69) is 21.3 Å². The van der Waals surface area contributed by atoms with Crippen LogP contribution in [0, 0.1) is 26.6 Å². The second kappa shape index (κ2) is 6.76. The van der Waals surface area contributed by atoms with Crippen molar-refractivity contribution in [3.63, 3.8) is 0 Å². The fourth-order valence-corrected chi connectivity index (χ4v) is 3.18. The van der Waals surface area contributed by atoms with Crippen molar-refractivity contribution in [1.29, 1.82) is 0 Å². The third-order valence-electron chi connectivity index (χ3n) is 4.40. The van der Waals surface area contributed by atoms with E-state index in [0.29, 0.717) is 17.1 Å². The monoisotopic (exact) mass is 358 g/mol. The molecule has 0 N–H and O–H groups in total. The van der Waals surface area contributed by atoms with E-state index >= 15 is 0 Å². The molecule has 0 saturated carbocycles. The van der Waals surface area contributed by atoms with Crippen LogP contribution in [0.1, 0.15) is 16.7 Å². The molecule has 0 aliphatic heterocycles. The lowest BCUT2D eigenvalue weighted by atomic mass is 10.1. The molecule has 2 aromatic heterocycles. The first-order chi connectivity index (χ1) is 13.0. The molecule has 4 rings (SSSR count). The van der Waals surface area contributed by atoms with Crippen LogP contribution >= 0.6 is 0 Å². The van der Waals surface area contributed by atoms with E-state index in [1.54, 1.807) is 19.1 Å². The summed E-state index contributed by atoms with van der Waals surface area (Å²) in [5.41, 5.74) is 5.89. The van der Waals surface area contributed by atoms with Crippen LogP contribution in [-0.2, 0) is 0 Å². The Bertz CT molecular complexity index is 1150. The quantitative estimate of drug-likeness (QED) is 0.386. The molecular weight excluding hydrogens is 339 g/mol. The molecule has 0 bridgehead atoms. The zero-order chi connectivity index (χ0) is 19.0. The average molecular weight is 358 g/mol. The maximum Gasteiger partial charge on any atom is 0.187 e. The third kappa shape index (κ3) is 3.36. The number of pyridine rings is 1. The molecular formula is C22H19FN4. The molecule has 5 heteroatoms. The molecule has 0 aliphatic carbocycles. The lowest BCUT2D eigenvalue weighted by Crippen LogP contribution is -1.85. The zero-order valence-corrected chi connectivity index (χ0v) is 15.4. The minimum Gasteiger partial charge on any atom is -0.283 e. The Morgan fingerprint density at radius 3 is 2.41 bits per heavy atom. The Morgan fingerprint density at radius 2 is 1.67 bits per heavy atom. The Morgan fingerprint density at radius 1 is 0.889 bits per heavy atom. The SMILES string of the molecule is Cc1cc(C)cc(N=Nc2c(-c3ccc(F)c(C)c3)nc3ccccn23)c1. The van der Waals surface area contributed by atoms with E-state index in [9.17, 15) is 4.39 Å². The Balaban J connectivity index is 1.87. The van der Waals surface area contributed by atoms with Gasteiger partial charge in [0.2, 0.25) is 0 Å². The van der Waals surface area contributed by atoms with Gasteiger partial charge in [0, 0.05) is 11.8 Å². The molecule has 0 aliphatic rings. The van der Waals surface area contributed by atoms with Crippen LogP contribution in [0.3, 0.4) is 0 Å². The van der Waals surface area contributed by atoms with Crippen molar-refractivity contribution in [1.82, 2.24) is 9.38 Å². The number of hydrogen-bond acceptors (Lipinski definition) is 3. The summed E-state index contributed by atoms with van der Waals surface area (Å²) in [5, 5.41) is 8.94. The van der Waals surface area contributed by atoms with E-state index in [1.165, 1.54) is 6.07 Å². The summed E-state index contributed by atoms with van der Waals surface area (Å²) in [6.07, 6.45) is 1.90. The molecule has 4 aromatic rings. The molecule has 0 spiro atoms. The van der Waals surface area contributed by atoms with Crippen LogP contribution in [0.4, 0.5) is 15.9 Å². The summed E-state index contributed by atoms with van der Waals surface area (Å²) in [5.74, 6) is 0.386. The highest BCUT2D eigenvalue weighted by Gasteiger charge is 2.14. The van der Waals surface area contributed by atoms with E-state index in [4.69, 9.17) is 0 Å². The van der Waals surface area contributed by atoms with Crippen molar-refractivity contribution in [3.05, 3.63) is 83.3 Å². The maximum absolute atomic E-state index is 13.7. The molecule has 0 fully saturated rings. The second-order valence-corrected chi connectivity index (χ2v) is 6.72. The van der Waals surface area contributed by atoms with Gasteiger partial charge >= 0.3 is 0 Å². The van der Waals surface area contributed by atoms with Crippen molar-refractivity contribution < 1.29 is 4.39 Å². The van der Waals surface area contributed by atoms with E-state index in [-0.39, 0.29) is 5.82 Å². The fraction of sp³-hybridized carbons (Fsp3) is 0.136. The molecule has 0 saturated heterocycles. The number of fused-ring (bicyclic) bond motifs is 1. The number of nitrogens with zero attached hydrogens (tertiary/aromatic N) is 4. The van der Waals surface area contributed by atoms with Gasteiger partial charge in [0.15, 0.2) is 5.82 Å². The van der Waals surface area contributed by atoms with Crippen molar-refractivity contribution in [2.75, 3.05) is 0 Å². The van der Waals surface area contributed by atoms with Gasteiger partial charge in [0.25, 0.3) is 0 Å². The molecule has 0 radical (unpaired) electrons. The molecule has 27 heavy (non-hydrogen) atoms. The van der Waals surface area contributed by atoms with Gasteiger partial charge in [-0.1, -0.05) is 12.1 Å². The topological polar surface area (TPSA) is 42.0 Å². The minimum atomic E-state index is -0.235. The predicted molar refractivity (Wildman–Crippen MR) is 105 cm³/mol. The van der Waals surface area contributed by atoms with E-state index < -0.39 is 0 Å². The predicted octanol–water partition coefficient (Wildman–Crippen LogP) is 6.48. The summed E-state index contributed by atoms with van der Waals surface area (Å²) in [6.45, 7) is 5.81. The number of imidazole rings is 1. The summed E-state index contributed by atoms with van der Waals surface area (Å²) < 4.78 is 15.6. The smallest absolute Gasteiger partial charge is 0.187 e. The first-order valence-corrected chi connectivity index (χ1v) is 8.75. The standard InChI is InChI=1S/C22H19FN4/c1-14-10-15(2)12-18(11-14)25-26-22-21(17-7-8-19(23)16(3)13-17)24-20-6-4-5-9-27(20)22/h4-13H,1-3H3. The van der Waals surface area contributed by atoms with Gasteiger partial charge in [-0.05, 0) is 79.9 Å². The summed E-state index contributed by atoms with van der Waals surface area (Å²) >= 11 is 0. The first-order valence-electron chi connectivity index (χ1n) is 8.75. The molecule has 0 atom stereocenters. The number of azo groups is 1. The largest absolute Gasteiger partial charge is 0.283 e. The maximum atomic E-state index is 13.7. The van der Waals surface area contributed by atoms with Crippen molar-refractivity contribution in [2.45, 2.75) is 20.8 Å². The van der Waals surface area contributed by atoms with Crippen LogP contribution < -0.4 is 0 Å². The molecule has 2 aromatic carbocycles. The Hall–Kier alpha value is -3.34. The normalized spacial score (nSPS) is 11.6. The number of halogens is 1. The second-order valence-electron chi connectivity index (χ2n) is 6.72. The van der Waals surface area contributed by atoms with Crippen LogP contribution in [0.15, 0.2) is 71.0 Å².